The van der Waals surface area contributed by atoms with Crippen molar-refractivity contribution in [2.45, 2.75) is 4.90 Å². The van der Waals surface area contributed by atoms with Crippen LogP contribution in [0.25, 0.3) is 0 Å². The molecule has 0 saturated heterocycles. The highest BCUT2D eigenvalue weighted by Gasteiger charge is 2.11. The third-order valence-electron chi connectivity index (χ3n) is 2.75. The van der Waals surface area contributed by atoms with Crippen LogP contribution in [0.1, 0.15) is 5.56 Å². The zero-order valence-electron chi connectivity index (χ0n) is 12.2. The predicted octanol–water partition coefficient (Wildman–Crippen LogP) is 2.12. The molecule has 0 aromatic heterocycles. The van der Waals surface area contributed by atoms with E-state index in [1.165, 1.54) is 30.5 Å². The van der Waals surface area contributed by atoms with E-state index in [2.05, 4.69) is 9.93 Å². The van der Waals surface area contributed by atoms with Crippen LogP contribution in [0.4, 0.5) is 0 Å². The van der Waals surface area contributed by atoms with Crippen molar-refractivity contribution in [3.05, 3.63) is 59.1 Å². The van der Waals surface area contributed by atoms with Crippen LogP contribution in [0.15, 0.2) is 58.5 Å². The molecule has 0 amide bonds. The van der Waals surface area contributed by atoms with Crippen LogP contribution in [-0.4, -0.2) is 32.3 Å². The van der Waals surface area contributed by atoms with Gasteiger partial charge in [0.15, 0.2) is 6.61 Å². The van der Waals surface area contributed by atoms with Crippen LogP contribution < -0.4 is 9.57 Å². The van der Waals surface area contributed by atoms with Gasteiger partial charge in [0.2, 0.25) is 0 Å². The van der Waals surface area contributed by atoms with Gasteiger partial charge in [0, 0.05) is 5.02 Å². The zero-order chi connectivity index (χ0) is 17.6. The largest absolute Gasteiger partial charge is 0.482 e. The fourth-order valence-electron chi connectivity index (χ4n) is 1.63. The third-order valence-corrected chi connectivity index (χ3v) is 4.24. The maximum absolute atomic E-state index is 12.0. The van der Waals surface area contributed by atoms with Crippen molar-refractivity contribution < 1.29 is 23.1 Å². The summed E-state index contributed by atoms with van der Waals surface area (Å²) < 4.78 is 29.0. The number of carboxylic acids is 1. The van der Waals surface area contributed by atoms with Crippen molar-refractivity contribution in [3.8, 4) is 5.75 Å². The van der Waals surface area contributed by atoms with E-state index in [0.717, 1.165) is 0 Å². The van der Waals surface area contributed by atoms with E-state index in [9.17, 15) is 13.2 Å². The first-order valence-electron chi connectivity index (χ1n) is 6.62. The first-order valence-corrected chi connectivity index (χ1v) is 8.48. The molecule has 7 nitrogen and oxygen atoms in total. The van der Waals surface area contributed by atoms with Gasteiger partial charge in [-0.1, -0.05) is 11.6 Å². The molecule has 9 heteroatoms. The van der Waals surface area contributed by atoms with Crippen LogP contribution in [-0.2, 0) is 14.8 Å². The number of carboxylic acid groups (broad SMARTS) is 1. The lowest BCUT2D eigenvalue weighted by Crippen LogP contribution is -2.18. The lowest BCUT2D eigenvalue weighted by molar-refractivity contribution is -0.139. The summed E-state index contributed by atoms with van der Waals surface area (Å²) in [7, 11) is -3.77. The fraction of sp³-hybridized carbons (Fsp3) is 0.0667. The number of hydrogen-bond acceptors (Lipinski definition) is 5. The van der Waals surface area contributed by atoms with Crippen LogP contribution in [0, 0.1) is 0 Å². The molecular weight excluding hydrogens is 356 g/mol. The van der Waals surface area contributed by atoms with Gasteiger partial charge in [-0.05, 0) is 54.1 Å². The highest BCUT2D eigenvalue weighted by Crippen LogP contribution is 2.14. The molecule has 2 N–H and O–H groups in total. The number of sulfonamides is 1. The standard InChI is InChI=1S/C15H13ClN2O5S/c16-12-3-7-14(8-4-12)24(21,22)18-17-9-11-1-5-13(6-2-11)23-10-15(19)20/h1-9,18H,10H2,(H,19,20)/b17-9-. The van der Waals surface area contributed by atoms with Crippen molar-refractivity contribution in [2.24, 2.45) is 5.10 Å². The van der Waals surface area contributed by atoms with E-state index in [1.807, 2.05) is 0 Å². The molecule has 2 aromatic carbocycles. The van der Waals surface area contributed by atoms with E-state index < -0.39 is 22.6 Å². The number of hydrazone groups is 1. The number of carbonyl (C=O) groups is 1. The van der Waals surface area contributed by atoms with Gasteiger partial charge in [0.05, 0.1) is 11.1 Å². The summed E-state index contributed by atoms with van der Waals surface area (Å²) in [6, 6.07) is 12.0. The highest BCUT2D eigenvalue weighted by atomic mass is 35.5. The van der Waals surface area contributed by atoms with Crippen molar-refractivity contribution >= 4 is 33.8 Å². The molecule has 0 atom stereocenters. The minimum absolute atomic E-state index is 0.0430. The monoisotopic (exact) mass is 368 g/mol. The quantitative estimate of drug-likeness (QED) is 0.575. The van der Waals surface area contributed by atoms with Gasteiger partial charge in [0.25, 0.3) is 10.0 Å². The number of ether oxygens (including phenoxy) is 1. The molecule has 24 heavy (non-hydrogen) atoms. The highest BCUT2D eigenvalue weighted by molar-refractivity contribution is 7.89. The molecule has 0 radical (unpaired) electrons. The normalized spacial score (nSPS) is 11.4. The average Bonchev–Trinajstić information content (AvgIpc) is 2.54. The smallest absolute Gasteiger partial charge is 0.341 e. The Labute approximate surface area is 143 Å². The Morgan fingerprint density at radius 2 is 1.79 bits per heavy atom. The molecule has 0 aliphatic rings. The van der Waals surface area contributed by atoms with E-state index in [0.29, 0.717) is 16.3 Å². The number of halogens is 1. The summed E-state index contributed by atoms with van der Waals surface area (Å²) in [6.07, 6.45) is 1.31. The SMILES string of the molecule is O=C(O)COc1ccc(/C=N\NS(=O)(=O)c2ccc(Cl)cc2)cc1. The first kappa shape index (κ1) is 17.8. The molecule has 0 bridgehead atoms. The molecule has 0 saturated carbocycles. The second kappa shape index (κ2) is 7.80. The van der Waals surface area contributed by atoms with Gasteiger partial charge in [-0.25, -0.2) is 9.63 Å². The van der Waals surface area contributed by atoms with Gasteiger partial charge in [0.1, 0.15) is 5.75 Å². The number of hydrogen-bond donors (Lipinski definition) is 2. The number of nitrogens with zero attached hydrogens (tertiary/aromatic N) is 1. The van der Waals surface area contributed by atoms with Crippen LogP contribution >= 0.6 is 11.6 Å². The second-order valence-corrected chi connectivity index (χ2v) is 6.66. The van der Waals surface area contributed by atoms with Crippen molar-refractivity contribution in [2.75, 3.05) is 6.61 Å². The zero-order valence-corrected chi connectivity index (χ0v) is 13.8. The summed E-state index contributed by atoms with van der Waals surface area (Å²) in [5.41, 5.74) is 0.608. The lowest BCUT2D eigenvalue weighted by Gasteiger charge is -2.04. The summed E-state index contributed by atoms with van der Waals surface area (Å²) in [6.45, 7) is -0.436. The van der Waals surface area contributed by atoms with Crippen molar-refractivity contribution in [1.82, 2.24) is 4.83 Å². The molecule has 0 unspecified atom stereocenters. The van der Waals surface area contributed by atoms with Gasteiger partial charge in [-0.15, -0.1) is 0 Å². The summed E-state index contributed by atoms with van der Waals surface area (Å²) in [4.78, 5) is 12.5. The minimum atomic E-state index is -3.77. The van der Waals surface area contributed by atoms with E-state index in [4.69, 9.17) is 21.4 Å². The van der Waals surface area contributed by atoms with Crippen LogP contribution in [0.5, 0.6) is 5.75 Å². The molecule has 0 aliphatic carbocycles. The van der Waals surface area contributed by atoms with Gasteiger partial charge < -0.3 is 9.84 Å². The molecular formula is C15H13ClN2O5S. The molecule has 0 spiro atoms. The van der Waals surface area contributed by atoms with E-state index in [-0.39, 0.29) is 4.90 Å². The maximum atomic E-state index is 12.0. The molecule has 2 aromatic rings. The van der Waals surface area contributed by atoms with E-state index >= 15 is 0 Å². The average molecular weight is 369 g/mol. The minimum Gasteiger partial charge on any atom is -0.482 e. The summed E-state index contributed by atoms with van der Waals surface area (Å²) in [5, 5.41) is 12.6. The Morgan fingerprint density at radius 1 is 1.17 bits per heavy atom. The molecule has 126 valence electrons. The van der Waals surface area contributed by atoms with Gasteiger partial charge in [-0.2, -0.15) is 13.5 Å². The van der Waals surface area contributed by atoms with E-state index in [1.54, 1.807) is 24.3 Å². The Hall–Kier alpha value is -2.58. The maximum Gasteiger partial charge on any atom is 0.341 e. The Balaban J connectivity index is 1.98. The van der Waals surface area contributed by atoms with Crippen molar-refractivity contribution in [1.29, 1.82) is 0 Å². The molecule has 2 rings (SSSR count). The van der Waals surface area contributed by atoms with Crippen molar-refractivity contribution in [3.63, 3.8) is 0 Å². The Kier molecular flexibility index (Phi) is 5.78. The van der Waals surface area contributed by atoms with Gasteiger partial charge in [-0.3, -0.25) is 0 Å². The number of benzene rings is 2. The van der Waals surface area contributed by atoms with Crippen LogP contribution in [0.2, 0.25) is 5.02 Å². The topological polar surface area (TPSA) is 105 Å². The number of rotatable bonds is 7. The fourth-order valence-corrected chi connectivity index (χ4v) is 2.55. The second-order valence-electron chi connectivity index (χ2n) is 4.56. The van der Waals surface area contributed by atoms with Crippen LogP contribution in [0.3, 0.4) is 0 Å². The molecule has 0 fully saturated rings. The summed E-state index contributed by atoms with van der Waals surface area (Å²) >= 11 is 5.71. The van der Waals surface area contributed by atoms with Gasteiger partial charge >= 0.3 is 5.97 Å². The summed E-state index contributed by atoms with van der Waals surface area (Å²) in [5.74, 6) is -0.687. The number of aliphatic carboxylic acids is 1. The predicted molar refractivity (Wildman–Crippen MR) is 88.9 cm³/mol. The molecule has 0 heterocycles. The third kappa shape index (κ3) is 5.25. The first-order chi connectivity index (χ1) is 11.4. The molecule has 0 aliphatic heterocycles. The lowest BCUT2D eigenvalue weighted by atomic mass is 10.2. The Bertz CT molecular complexity index is 833. The Morgan fingerprint density at radius 3 is 2.38 bits per heavy atom. The number of nitrogens with one attached hydrogen (secondary N) is 1.